The lowest BCUT2D eigenvalue weighted by Gasteiger charge is -2.11. The molecule has 1 heterocycles. The first kappa shape index (κ1) is 13.6. The Balaban J connectivity index is 2.08. The highest BCUT2D eigenvalue weighted by Gasteiger charge is 2.18. The van der Waals surface area contributed by atoms with E-state index in [0.29, 0.717) is 16.2 Å². The lowest BCUT2D eigenvalue weighted by Crippen LogP contribution is -2.11. The second kappa shape index (κ2) is 5.20. The molecule has 102 valence electrons. The fourth-order valence-electron chi connectivity index (χ4n) is 2.11. The number of nitrogens with two attached hydrogens (primary N) is 1. The molecule has 1 unspecified atom stereocenters. The lowest BCUT2D eigenvalue weighted by atomic mass is 10.1. The molecule has 0 bridgehead atoms. The Hall–Kier alpha value is -1.36. The van der Waals surface area contributed by atoms with E-state index in [-0.39, 0.29) is 5.58 Å². The Morgan fingerprint density at radius 1 is 1.20 bits per heavy atom. The predicted octanol–water partition coefficient (Wildman–Crippen LogP) is 5.04. The Labute approximate surface area is 128 Å². The normalized spacial score (nSPS) is 12.8. The van der Waals surface area contributed by atoms with Gasteiger partial charge in [-0.2, -0.15) is 0 Å². The topological polar surface area (TPSA) is 39.2 Å². The number of hydrogen-bond acceptors (Lipinski definition) is 2. The van der Waals surface area contributed by atoms with Crippen molar-refractivity contribution in [3.8, 4) is 0 Å². The van der Waals surface area contributed by atoms with Crippen molar-refractivity contribution in [2.45, 2.75) is 6.04 Å². The second-order valence-corrected chi connectivity index (χ2v) is 5.77. The number of para-hydroxylation sites is 1. The molecule has 0 aliphatic heterocycles. The van der Waals surface area contributed by atoms with Crippen molar-refractivity contribution in [1.82, 2.24) is 0 Å². The minimum atomic E-state index is -0.539. The van der Waals surface area contributed by atoms with Gasteiger partial charge < -0.3 is 10.2 Å². The van der Waals surface area contributed by atoms with Crippen LogP contribution < -0.4 is 5.73 Å². The summed E-state index contributed by atoms with van der Waals surface area (Å²) in [7, 11) is 0. The summed E-state index contributed by atoms with van der Waals surface area (Å²) in [6.45, 7) is 0. The van der Waals surface area contributed by atoms with Gasteiger partial charge in [0.25, 0.3) is 0 Å². The average Bonchev–Trinajstić information content (AvgIpc) is 2.83. The molecule has 20 heavy (non-hydrogen) atoms. The van der Waals surface area contributed by atoms with Crippen LogP contribution in [0.2, 0.25) is 5.02 Å². The minimum absolute atomic E-state index is 0.214. The van der Waals surface area contributed by atoms with E-state index in [9.17, 15) is 4.39 Å². The molecule has 5 heteroatoms. The maximum atomic E-state index is 13.6. The maximum absolute atomic E-state index is 13.6. The van der Waals surface area contributed by atoms with Gasteiger partial charge in [0, 0.05) is 14.9 Å². The summed E-state index contributed by atoms with van der Waals surface area (Å²) in [5.74, 6) is 0.0807. The van der Waals surface area contributed by atoms with Crippen LogP contribution in [0.1, 0.15) is 17.4 Å². The number of furan rings is 1. The average molecular weight is 355 g/mol. The highest BCUT2D eigenvalue weighted by atomic mass is 79.9. The van der Waals surface area contributed by atoms with Crippen LogP contribution in [0.25, 0.3) is 11.0 Å². The minimum Gasteiger partial charge on any atom is -0.456 e. The molecule has 0 amide bonds. The first-order valence-electron chi connectivity index (χ1n) is 5.95. The Kier molecular flexibility index (Phi) is 3.54. The van der Waals surface area contributed by atoms with E-state index >= 15 is 0 Å². The van der Waals surface area contributed by atoms with E-state index in [1.807, 2.05) is 12.1 Å². The molecule has 0 saturated heterocycles. The summed E-state index contributed by atoms with van der Waals surface area (Å²) in [5.41, 5.74) is 7.11. The molecule has 2 aromatic carbocycles. The van der Waals surface area contributed by atoms with Crippen LogP contribution in [-0.4, -0.2) is 0 Å². The van der Waals surface area contributed by atoms with Gasteiger partial charge >= 0.3 is 0 Å². The van der Waals surface area contributed by atoms with Gasteiger partial charge in [0.1, 0.15) is 5.76 Å². The third-order valence-corrected chi connectivity index (χ3v) is 3.94. The zero-order valence-electron chi connectivity index (χ0n) is 10.2. The van der Waals surface area contributed by atoms with Crippen LogP contribution in [-0.2, 0) is 0 Å². The van der Waals surface area contributed by atoms with Crippen molar-refractivity contribution >= 4 is 38.5 Å². The molecule has 2 nitrogen and oxygen atoms in total. The van der Waals surface area contributed by atoms with Crippen molar-refractivity contribution in [3.63, 3.8) is 0 Å². The molecule has 1 aromatic heterocycles. The van der Waals surface area contributed by atoms with Gasteiger partial charge in [0.2, 0.25) is 0 Å². The van der Waals surface area contributed by atoms with E-state index in [1.54, 1.807) is 24.3 Å². The molecule has 0 spiro atoms. The van der Waals surface area contributed by atoms with Crippen molar-refractivity contribution in [3.05, 3.63) is 69.1 Å². The van der Waals surface area contributed by atoms with E-state index in [1.165, 1.54) is 6.07 Å². The Morgan fingerprint density at radius 3 is 2.70 bits per heavy atom. The van der Waals surface area contributed by atoms with Gasteiger partial charge in [-0.25, -0.2) is 4.39 Å². The molecular formula is C15H10BrClFNO. The summed E-state index contributed by atoms with van der Waals surface area (Å²) < 4.78 is 20.0. The Morgan fingerprint density at radius 2 is 2.00 bits per heavy atom. The van der Waals surface area contributed by atoms with E-state index in [4.69, 9.17) is 21.8 Å². The van der Waals surface area contributed by atoms with Gasteiger partial charge in [0.05, 0.1) is 6.04 Å². The molecule has 3 aromatic rings. The third-order valence-electron chi connectivity index (χ3n) is 3.12. The van der Waals surface area contributed by atoms with Crippen molar-refractivity contribution in [1.29, 1.82) is 0 Å². The van der Waals surface area contributed by atoms with Gasteiger partial charge in [-0.3, -0.25) is 0 Å². The fraction of sp³-hybridized carbons (Fsp3) is 0.0667. The SMILES string of the molecule is NC(c1cc2cccc(F)c2o1)c1ccc(Br)cc1Cl. The summed E-state index contributed by atoms with van der Waals surface area (Å²) in [6, 6.07) is 11.4. The van der Waals surface area contributed by atoms with Gasteiger partial charge in [-0.1, -0.05) is 45.7 Å². The number of halogens is 3. The van der Waals surface area contributed by atoms with Crippen LogP contribution in [0.5, 0.6) is 0 Å². The maximum Gasteiger partial charge on any atom is 0.169 e. The molecule has 2 N–H and O–H groups in total. The van der Waals surface area contributed by atoms with Crippen LogP contribution >= 0.6 is 27.5 Å². The monoisotopic (exact) mass is 353 g/mol. The summed E-state index contributed by atoms with van der Waals surface area (Å²) in [5, 5.41) is 1.22. The van der Waals surface area contributed by atoms with E-state index in [2.05, 4.69) is 15.9 Å². The molecule has 0 saturated carbocycles. The summed E-state index contributed by atoms with van der Waals surface area (Å²) in [4.78, 5) is 0. The molecule has 0 aliphatic rings. The zero-order chi connectivity index (χ0) is 14.3. The molecule has 1 atom stereocenters. The molecule has 3 rings (SSSR count). The van der Waals surface area contributed by atoms with E-state index < -0.39 is 11.9 Å². The largest absolute Gasteiger partial charge is 0.456 e. The van der Waals surface area contributed by atoms with E-state index in [0.717, 1.165) is 10.0 Å². The molecular weight excluding hydrogens is 345 g/mol. The third kappa shape index (κ3) is 2.35. The summed E-state index contributed by atoms with van der Waals surface area (Å²) in [6.07, 6.45) is 0. The quantitative estimate of drug-likeness (QED) is 0.700. The van der Waals surface area contributed by atoms with Crippen LogP contribution in [0.15, 0.2) is 51.4 Å². The molecule has 0 fully saturated rings. The van der Waals surface area contributed by atoms with Crippen LogP contribution in [0, 0.1) is 5.82 Å². The van der Waals surface area contributed by atoms with Crippen molar-refractivity contribution in [2.24, 2.45) is 5.73 Å². The fourth-order valence-corrected chi connectivity index (χ4v) is 2.90. The first-order valence-corrected chi connectivity index (χ1v) is 7.12. The molecule has 0 radical (unpaired) electrons. The van der Waals surface area contributed by atoms with Gasteiger partial charge in [0.15, 0.2) is 11.4 Å². The van der Waals surface area contributed by atoms with Crippen LogP contribution in [0.3, 0.4) is 0 Å². The predicted molar refractivity (Wildman–Crippen MR) is 81.4 cm³/mol. The smallest absolute Gasteiger partial charge is 0.169 e. The Bertz CT molecular complexity index is 787. The number of fused-ring (bicyclic) bond motifs is 1. The van der Waals surface area contributed by atoms with Gasteiger partial charge in [-0.05, 0) is 29.8 Å². The molecule has 0 aliphatic carbocycles. The second-order valence-electron chi connectivity index (χ2n) is 4.45. The highest BCUT2D eigenvalue weighted by Crippen LogP contribution is 2.32. The van der Waals surface area contributed by atoms with Crippen molar-refractivity contribution in [2.75, 3.05) is 0 Å². The number of benzene rings is 2. The number of hydrogen-bond donors (Lipinski definition) is 1. The first-order chi connectivity index (χ1) is 9.56. The standard InChI is InChI=1S/C15H10BrClFNO/c16-9-4-5-10(11(17)7-9)14(19)13-6-8-2-1-3-12(18)15(8)20-13/h1-7,14H,19H2. The lowest BCUT2D eigenvalue weighted by molar-refractivity contribution is 0.502. The van der Waals surface area contributed by atoms with Crippen molar-refractivity contribution < 1.29 is 8.81 Å². The summed E-state index contributed by atoms with van der Waals surface area (Å²) >= 11 is 9.52. The zero-order valence-corrected chi connectivity index (χ0v) is 12.6. The van der Waals surface area contributed by atoms with Crippen LogP contribution in [0.4, 0.5) is 4.39 Å². The van der Waals surface area contributed by atoms with Gasteiger partial charge in [-0.15, -0.1) is 0 Å². The number of rotatable bonds is 2. The highest BCUT2D eigenvalue weighted by molar-refractivity contribution is 9.10.